The third-order valence-corrected chi connectivity index (χ3v) is 3.87. The minimum Gasteiger partial charge on any atom is -0.347 e. The van der Waals surface area contributed by atoms with E-state index in [-0.39, 0.29) is 12.5 Å². The Bertz CT molecular complexity index is 641. The Labute approximate surface area is 134 Å². The van der Waals surface area contributed by atoms with Gasteiger partial charge >= 0.3 is 0 Å². The lowest BCUT2D eigenvalue weighted by molar-refractivity contribution is 0.0954. The number of carbonyl (C=O) groups is 1. The van der Waals surface area contributed by atoms with Gasteiger partial charge in [0.05, 0.1) is 11.4 Å². The van der Waals surface area contributed by atoms with Gasteiger partial charge in [-0.15, -0.1) is 11.3 Å². The van der Waals surface area contributed by atoms with Crippen molar-refractivity contribution in [2.24, 2.45) is 0 Å². The molecule has 2 aromatic rings. The first kappa shape index (κ1) is 16.2. The molecule has 1 N–H and O–H groups in total. The van der Waals surface area contributed by atoms with E-state index in [2.05, 4.69) is 20.3 Å². The van der Waals surface area contributed by atoms with Crippen molar-refractivity contribution in [1.82, 2.24) is 20.3 Å². The average Bonchev–Trinajstić information content (AvgIpc) is 2.91. The first-order chi connectivity index (χ1) is 10.4. The summed E-state index contributed by atoms with van der Waals surface area (Å²) < 4.78 is 0. The summed E-state index contributed by atoms with van der Waals surface area (Å²) in [5, 5.41) is 4.79. The second-order valence-electron chi connectivity index (χ2n) is 5.31. The molecular weight excluding hydrogens is 300 g/mol. The molecule has 1 amide bonds. The number of thiophene rings is 1. The Hall–Kier alpha value is -2.22. The molecule has 0 aliphatic carbocycles. The van der Waals surface area contributed by atoms with Crippen molar-refractivity contribution in [2.75, 3.05) is 38.0 Å². The van der Waals surface area contributed by atoms with Crippen molar-refractivity contribution in [1.29, 1.82) is 0 Å². The lowest BCUT2D eigenvalue weighted by Crippen LogP contribution is -2.25. The van der Waals surface area contributed by atoms with Gasteiger partial charge in [0, 0.05) is 28.2 Å². The van der Waals surface area contributed by atoms with Crippen LogP contribution in [0.4, 0.5) is 11.9 Å². The third kappa shape index (κ3) is 3.91. The highest BCUT2D eigenvalue weighted by atomic mass is 32.1. The summed E-state index contributed by atoms with van der Waals surface area (Å²) in [5.74, 6) is 1.55. The summed E-state index contributed by atoms with van der Waals surface area (Å²) in [5.41, 5.74) is 1.08. The lowest BCUT2D eigenvalue weighted by atomic mass is 10.3. The van der Waals surface area contributed by atoms with Gasteiger partial charge in [0.25, 0.3) is 5.91 Å². The number of anilines is 2. The standard InChI is InChI=1S/C14H20N6OS/c1-9-6-10(22-8-9)12(21)15-7-11-16-13(19(2)3)18-14(17-11)20(4)5/h6,8H,7H2,1-5H3,(H,15,21). The largest absolute Gasteiger partial charge is 0.347 e. The van der Waals surface area contributed by atoms with E-state index >= 15 is 0 Å². The third-order valence-electron chi connectivity index (χ3n) is 2.82. The summed E-state index contributed by atoms with van der Waals surface area (Å²) >= 11 is 1.43. The number of amides is 1. The predicted molar refractivity (Wildman–Crippen MR) is 88.7 cm³/mol. The number of nitrogens with one attached hydrogen (secondary N) is 1. The van der Waals surface area contributed by atoms with Crippen molar-refractivity contribution in [3.05, 3.63) is 27.7 Å². The smallest absolute Gasteiger partial charge is 0.261 e. The normalized spacial score (nSPS) is 10.4. The van der Waals surface area contributed by atoms with Crippen LogP contribution >= 0.6 is 11.3 Å². The van der Waals surface area contributed by atoms with E-state index in [4.69, 9.17) is 0 Å². The van der Waals surface area contributed by atoms with Crippen LogP contribution in [0.15, 0.2) is 11.4 Å². The number of hydrogen-bond acceptors (Lipinski definition) is 7. The van der Waals surface area contributed by atoms with Crippen LogP contribution in [0.5, 0.6) is 0 Å². The molecular formula is C14H20N6OS. The molecule has 2 heterocycles. The molecule has 0 saturated heterocycles. The molecule has 0 fully saturated rings. The molecule has 0 radical (unpaired) electrons. The highest BCUT2D eigenvalue weighted by Crippen LogP contribution is 2.14. The molecule has 0 aromatic carbocycles. The second kappa shape index (κ2) is 6.69. The molecule has 0 bridgehead atoms. The number of hydrogen-bond donors (Lipinski definition) is 1. The maximum Gasteiger partial charge on any atom is 0.261 e. The molecule has 0 aliphatic rings. The molecule has 2 rings (SSSR count). The SMILES string of the molecule is Cc1csc(C(=O)NCc2nc(N(C)C)nc(N(C)C)n2)c1. The minimum absolute atomic E-state index is 0.115. The summed E-state index contributed by atoms with van der Waals surface area (Å²) in [6.07, 6.45) is 0. The zero-order chi connectivity index (χ0) is 16.3. The highest BCUT2D eigenvalue weighted by Gasteiger charge is 2.12. The molecule has 0 aliphatic heterocycles. The number of rotatable bonds is 5. The van der Waals surface area contributed by atoms with Gasteiger partial charge in [-0.2, -0.15) is 15.0 Å². The zero-order valence-corrected chi connectivity index (χ0v) is 14.2. The number of carbonyl (C=O) groups excluding carboxylic acids is 1. The summed E-state index contributed by atoms with van der Waals surface area (Å²) in [7, 11) is 7.47. The van der Waals surface area contributed by atoms with E-state index in [0.29, 0.717) is 22.6 Å². The molecule has 0 atom stereocenters. The molecule has 0 saturated carbocycles. The number of aromatic nitrogens is 3. The zero-order valence-electron chi connectivity index (χ0n) is 13.4. The fraction of sp³-hybridized carbons (Fsp3) is 0.429. The second-order valence-corrected chi connectivity index (χ2v) is 6.22. The quantitative estimate of drug-likeness (QED) is 0.895. The molecule has 0 spiro atoms. The first-order valence-corrected chi connectivity index (χ1v) is 7.67. The molecule has 7 nitrogen and oxygen atoms in total. The van der Waals surface area contributed by atoms with Crippen molar-refractivity contribution in [3.63, 3.8) is 0 Å². The van der Waals surface area contributed by atoms with Gasteiger partial charge in [0.1, 0.15) is 0 Å². The molecule has 22 heavy (non-hydrogen) atoms. The van der Waals surface area contributed by atoms with Crippen molar-refractivity contribution in [3.8, 4) is 0 Å². The highest BCUT2D eigenvalue weighted by molar-refractivity contribution is 7.12. The van der Waals surface area contributed by atoms with E-state index in [9.17, 15) is 4.79 Å². The minimum atomic E-state index is -0.115. The van der Waals surface area contributed by atoms with Gasteiger partial charge in [-0.05, 0) is 23.9 Å². The number of nitrogens with zero attached hydrogens (tertiary/aromatic N) is 5. The van der Waals surface area contributed by atoms with E-state index in [1.165, 1.54) is 11.3 Å². The van der Waals surface area contributed by atoms with Crippen LogP contribution < -0.4 is 15.1 Å². The van der Waals surface area contributed by atoms with E-state index in [1.54, 1.807) is 0 Å². The Morgan fingerprint density at radius 1 is 1.14 bits per heavy atom. The topological polar surface area (TPSA) is 74.2 Å². The van der Waals surface area contributed by atoms with Crippen molar-refractivity contribution in [2.45, 2.75) is 13.5 Å². The lowest BCUT2D eigenvalue weighted by Gasteiger charge is -2.16. The number of aryl methyl sites for hydroxylation is 1. The van der Waals surface area contributed by atoms with E-state index < -0.39 is 0 Å². The fourth-order valence-corrected chi connectivity index (χ4v) is 2.49. The van der Waals surface area contributed by atoms with Crippen LogP contribution in [-0.4, -0.2) is 49.0 Å². The molecule has 2 aromatic heterocycles. The maximum absolute atomic E-state index is 12.1. The van der Waals surface area contributed by atoms with Crippen molar-refractivity contribution >= 4 is 29.1 Å². The van der Waals surface area contributed by atoms with Crippen LogP contribution in [-0.2, 0) is 6.54 Å². The van der Waals surface area contributed by atoms with Crippen LogP contribution in [0.3, 0.4) is 0 Å². The van der Waals surface area contributed by atoms with Crippen molar-refractivity contribution < 1.29 is 4.79 Å². The Morgan fingerprint density at radius 3 is 2.18 bits per heavy atom. The molecule has 8 heteroatoms. The maximum atomic E-state index is 12.1. The van der Waals surface area contributed by atoms with Gasteiger partial charge in [-0.25, -0.2) is 0 Å². The van der Waals surface area contributed by atoms with Gasteiger partial charge in [0.15, 0.2) is 5.82 Å². The van der Waals surface area contributed by atoms with Gasteiger partial charge < -0.3 is 15.1 Å². The van der Waals surface area contributed by atoms with Crippen LogP contribution in [0.1, 0.15) is 21.1 Å². The predicted octanol–water partition coefficient (Wildman–Crippen LogP) is 1.30. The fourth-order valence-electron chi connectivity index (χ4n) is 1.67. The summed E-state index contributed by atoms with van der Waals surface area (Å²) in [6.45, 7) is 2.23. The van der Waals surface area contributed by atoms with E-state index in [1.807, 2.05) is 56.4 Å². The monoisotopic (exact) mass is 320 g/mol. The Morgan fingerprint density at radius 2 is 1.73 bits per heavy atom. The molecule has 118 valence electrons. The average molecular weight is 320 g/mol. The Balaban J connectivity index is 2.13. The molecule has 0 unspecified atom stereocenters. The van der Waals surface area contributed by atoms with E-state index in [0.717, 1.165) is 5.56 Å². The summed E-state index contributed by atoms with van der Waals surface area (Å²) in [6, 6.07) is 1.86. The van der Waals surface area contributed by atoms with Gasteiger partial charge in [0.2, 0.25) is 11.9 Å². The van der Waals surface area contributed by atoms with Crippen LogP contribution in [0, 0.1) is 6.92 Å². The first-order valence-electron chi connectivity index (χ1n) is 6.79. The van der Waals surface area contributed by atoms with Gasteiger partial charge in [-0.3, -0.25) is 4.79 Å². The Kier molecular flexibility index (Phi) is 4.92. The summed E-state index contributed by atoms with van der Waals surface area (Å²) in [4.78, 5) is 29.4. The van der Waals surface area contributed by atoms with Crippen LogP contribution in [0.25, 0.3) is 0 Å². The van der Waals surface area contributed by atoms with Gasteiger partial charge in [-0.1, -0.05) is 0 Å². The van der Waals surface area contributed by atoms with Crippen LogP contribution in [0.2, 0.25) is 0 Å².